The van der Waals surface area contributed by atoms with Gasteiger partial charge in [0.25, 0.3) is 11.8 Å². The maximum absolute atomic E-state index is 12.1. The molecule has 0 spiro atoms. The van der Waals surface area contributed by atoms with Crippen molar-refractivity contribution in [3.05, 3.63) is 55.6 Å². The van der Waals surface area contributed by atoms with Crippen LogP contribution in [-0.4, -0.2) is 48.5 Å². The van der Waals surface area contributed by atoms with Gasteiger partial charge in [0.2, 0.25) is 0 Å². The summed E-state index contributed by atoms with van der Waals surface area (Å²) in [4.78, 5) is 23.8. The van der Waals surface area contributed by atoms with Gasteiger partial charge in [-0.25, -0.2) is 5.01 Å². The number of aliphatic hydroxyl groups excluding tert-OH is 2. The van der Waals surface area contributed by atoms with E-state index in [-0.39, 0.29) is 25.0 Å². The quantitative estimate of drug-likeness (QED) is 0.424. The average Bonchev–Trinajstić information content (AvgIpc) is 3.08. The Balaban J connectivity index is -0.000000462. The van der Waals surface area contributed by atoms with Crippen molar-refractivity contribution in [1.82, 2.24) is 5.43 Å². The zero-order valence-electron chi connectivity index (χ0n) is 20.5. The van der Waals surface area contributed by atoms with Crippen molar-refractivity contribution in [2.75, 3.05) is 31.4 Å². The Morgan fingerprint density at radius 1 is 1.00 bits per heavy atom. The van der Waals surface area contributed by atoms with Gasteiger partial charge in [0.1, 0.15) is 5.92 Å². The van der Waals surface area contributed by atoms with Crippen LogP contribution in [0.1, 0.15) is 53.9 Å². The molecule has 1 aliphatic heterocycles. The Hall–Kier alpha value is -2.48. The Morgan fingerprint density at radius 3 is 1.81 bits per heavy atom. The number of carbonyl (C=O) groups excluding carboxylic acids is 2. The van der Waals surface area contributed by atoms with E-state index in [1.54, 1.807) is 24.3 Å². The topological polar surface area (TPSA) is 99.1 Å². The summed E-state index contributed by atoms with van der Waals surface area (Å²) in [6, 6.07) is 9.17. The van der Waals surface area contributed by atoms with Crippen molar-refractivity contribution >= 4 is 17.5 Å². The van der Waals surface area contributed by atoms with Crippen LogP contribution >= 0.6 is 0 Å². The van der Waals surface area contributed by atoms with Crippen LogP contribution in [0.2, 0.25) is 0 Å². The first-order valence-electron chi connectivity index (χ1n) is 11.0. The van der Waals surface area contributed by atoms with Crippen LogP contribution in [0.15, 0.2) is 55.6 Å². The van der Waals surface area contributed by atoms with Crippen LogP contribution in [0.4, 0.5) is 5.69 Å². The van der Waals surface area contributed by atoms with Gasteiger partial charge in [0.05, 0.1) is 18.9 Å². The van der Waals surface area contributed by atoms with Gasteiger partial charge in [0, 0.05) is 13.2 Å². The van der Waals surface area contributed by atoms with Gasteiger partial charge in [-0.05, 0) is 46.2 Å². The molecule has 1 aromatic rings. The van der Waals surface area contributed by atoms with Gasteiger partial charge in [-0.3, -0.25) is 15.0 Å². The van der Waals surface area contributed by atoms with Gasteiger partial charge in [0.15, 0.2) is 0 Å². The fourth-order valence-corrected chi connectivity index (χ4v) is 2.15. The zero-order valence-corrected chi connectivity index (χ0v) is 20.5. The molecule has 0 radical (unpaired) electrons. The van der Waals surface area contributed by atoms with Crippen LogP contribution in [0.3, 0.4) is 0 Å². The van der Waals surface area contributed by atoms with E-state index in [1.165, 1.54) is 5.01 Å². The number of aliphatic hydroxyl groups is 2. The smallest absolute Gasteiger partial charge is 0.258 e. The number of hydrogen-bond donors (Lipinski definition) is 3. The average molecular weight is 453 g/mol. The van der Waals surface area contributed by atoms with Gasteiger partial charge < -0.3 is 14.9 Å². The maximum Gasteiger partial charge on any atom is 0.258 e. The first kappa shape index (κ1) is 34.1. The highest BCUT2D eigenvalue weighted by atomic mass is 16.5. The number of nitrogens with zero attached hydrogens (tertiary/aromatic N) is 1. The minimum Gasteiger partial charge on any atom is -0.394 e. The van der Waals surface area contributed by atoms with Crippen LogP contribution in [-0.2, 0) is 14.3 Å². The van der Waals surface area contributed by atoms with Crippen molar-refractivity contribution in [2.45, 2.75) is 53.9 Å². The maximum atomic E-state index is 12.1. The van der Waals surface area contributed by atoms with Crippen molar-refractivity contribution in [3.8, 4) is 0 Å². The largest absolute Gasteiger partial charge is 0.394 e. The monoisotopic (exact) mass is 452 g/mol. The van der Waals surface area contributed by atoms with E-state index in [0.29, 0.717) is 12.1 Å². The molecular formula is C25H44N2O5. The lowest BCUT2D eigenvalue weighted by Gasteiger charge is -2.14. The molecule has 184 valence electrons. The number of carbonyl (C=O) groups is 2. The summed E-state index contributed by atoms with van der Waals surface area (Å²) in [5.74, 6) is -0.850. The normalized spacial score (nSPS) is 13.5. The number of hydrazine groups is 1. The summed E-state index contributed by atoms with van der Waals surface area (Å²) < 4.78 is 4.83. The lowest BCUT2D eigenvalue weighted by molar-refractivity contribution is -0.127. The van der Waals surface area contributed by atoms with E-state index >= 15 is 0 Å². The lowest BCUT2D eigenvalue weighted by atomic mass is 10.0. The van der Waals surface area contributed by atoms with E-state index in [0.717, 1.165) is 26.1 Å². The highest BCUT2D eigenvalue weighted by Crippen LogP contribution is 2.22. The predicted octanol–water partition coefficient (Wildman–Crippen LogP) is 4.27. The van der Waals surface area contributed by atoms with Crippen LogP contribution in [0, 0.1) is 5.92 Å². The van der Waals surface area contributed by atoms with Crippen LogP contribution < -0.4 is 10.4 Å². The van der Waals surface area contributed by atoms with Crippen molar-refractivity contribution < 1.29 is 24.5 Å². The van der Waals surface area contributed by atoms with Crippen LogP contribution in [0.25, 0.3) is 0 Å². The second kappa shape index (κ2) is 26.6. The number of allylic oxidation sites excluding steroid dienone is 2. The van der Waals surface area contributed by atoms with Crippen molar-refractivity contribution in [3.63, 3.8) is 0 Å². The molecule has 0 saturated carbocycles. The molecule has 3 N–H and O–H groups in total. The molecule has 1 aliphatic rings. The third-order valence-corrected chi connectivity index (χ3v) is 3.43. The summed E-state index contributed by atoms with van der Waals surface area (Å²) in [5, 5.41) is 16.6. The molecular weight excluding hydrogens is 408 g/mol. The predicted molar refractivity (Wildman–Crippen MR) is 133 cm³/mol. The summed E-state index contributed by atoms with van der Waals surface area (Å²) in [6.45, 7) is 18.0. The number of amides is 2. The summed E-state index contributed by atoms with van der Waals surface area (Å²) >= 11 is 0. The van der Waals surface area contributed by atoms with Gasteiger partial charge in [-0.15, -0.1) is 13.2 Å². The fraction of sp³-hybridized carbons (Fsp3) is 0.520. The van der Waals surface area contributed by atoms with Crippen molar-refractivity contribution in [1.29, 1.82) is 0 Å². The van der Waals surface area contributed by atoms with E-state index in [1.807, 2.05) is 52.8 Å². The Labute approximate surface area is 194 Å². The Kier molecular flexibility index (Phi) is 28.3. The molecule has 32 heavy (non-hydrogen) atoms. The standard InChI is InChI=1S/C13H16N2O2.C4H10O.2C3H6.C2H6O2/c1-2-3-9-11-12(16)14-15(13(11)17)10-7-5-4-6-8-10;1-3-5-4-2;2*1-3-2;3-1-2-4/h4-8,11H,2-3,9H2,1H3,(H,14,16);3-4H2,1-2H3;2*3H,1H2,2H3;3-4H,1-2H2. The molecule has 2 rings (SSSR count). The fourth-order valence-electron chi connectivity index (χ4n) is 2.15. The summed E-state index contributed by atoms with van der Waals surface area (Å²) in [6.07, 6.45) is 6.01. The lowest BCUT2D eigenvalue weighted by Crippen LogP contribution is -2.35. The van der Waals surface area contributed by atoms with Gasteiger partial charge in [-0.1, -0.05) is 50.1 Å². The van der Waals surface area contributed by atoms with E-state index in [9.17, 15) is 9.59 Å². The van der Waals surface area contributed by atoms with E-state index in [4.69, 9.17) is 14.9 Å². The van der Waals surface area contributed by atoms with E-state index in [2.05, 4.69) is 18.6 Å². The third-order valence-electron chi connectivity index (χ3n) is 3.43. The molecule has 1 atom stereocenters. The number of hydrogen-bond acceptors (Lipinski definition) is 5. The number of rotatable bonds is 7. The minimum absolute atomic E-state index is 0.125. The van der Waals surface area contributed by atoms with Gasteiger partial charge >= 0.3 is 0 Å². The number of anilines is 1. The first-order chi connectivity index (χ1) is 15.4. The molecule has 0 aliphatic carbocycles. The van der Waals surface area contributed by atoms with Crippen LogP contribution in [0.5, 0.6) is 0 Å². The second-order valence-electron chi connectivity index (χ2n) is 6.23. The Bertz CT molecular complexity index is 569. The first-order valence-corrected chi connectivity index (χ1v) is 11.0. The molecule has 7 nitrogen and oxygen atoms in total. The highest BCUT2D eigenvalue weighted by Gasteiger charge is 2.39. The summed E-state index contributed by atoms with van der Waals surface area (Å²) in [7, 11) is 0. The molecule has 2 amide bonds. The molecule has 7 heteroatoms. The number of para-hydroxylation sites is 1. The molecule has 1 unspecified atom stereocenters. The number of ether oxygens (including phenoxy) is 1. The Morgan fingerprint density at radius 2 is 1.47 bits per heavy atom. The number of nitrogens with one attached hydrogen (secondary N) is 1. The molecule has 1 heterocycles. The molecule has 0 aromatic heterocycles. The van der Waals surface area contributed by atoms with E-state index < -0.39 is 5.92 Å². The summed E-state index contributed by atoms with van der Waals surface area (Å²) in [5.41, 5.74) is 3.34. The minimum atomic E-state index is -0.518. The molecule has 1 saturated heterocycles. The number of unbranched alkanes of at least 4 members (excludes halogenated alkanes) is 1. The molecule has 0 bridgehead atoms. The third kappa shape index (κ3) is 18.3. The highest BCUT2D eigenvalue weighted by molar-refractivity contribution is 6.14. The second-order valence-corrected chi connectivity index (χ2v) is 6.23. The van der Waals surface area contributed by atoms with Gasteiger partial charge in [-0.2, -0.15) is 0 Å². The zero-order chi connectivity index (χ0) is 25.2. The van der Waals surface area contributed by atoms with Crippen molar-refractivity contribution in [2.24, 2.45) is 5.92 Å². The number of benzene rings is 1. The molecule has 1 aromatic carbocycles. The SMILES string of the molecule is C=CC.C=CC.CCCCC1C(=O)NN(c2ccccc2)C1=O.CCOCC.OCCO. The molecule has 1 fully saturated rings.